The van der Waals surface area contributed by atoms with Crippen LogP contribution in [0.2, 0.25) is 0 Å². The van der Waals surface area contributed by atoms with E-state index >= 15 is 0 Å². The lowest BCUT2D eigenvalue weighted by atomic mass is 10.1. The molecule has 0 aliphatic rings. The van der Waals surface area contributed by atoms with Gasteiger partial charge in [0.05, 0.1) is 0 Å². The average Bonchev–Trinajstić information content (AvgIpc) is 2.46. The molecule has 1 N–H and O–H groups in total. The molecule has 0 bridgehead atoms. The summed E-state index contributed by atoms with van der Waals surface area (Å²) in [7, 11) is 4.09. The van der Waals surface area contributed by atoms with Crippen molar-refractivity contribution in [3.8, 4) is 0 Å². The second-order valence-corrected chi connectivity index (χ2v) is 5.52. The van der Waals surface area contributed by atoms with Crippen LogP contribution in [-0.2, 0) is 0 Å². The summed E-state index contributed by atoms with van der Waals surface area (Å²) in [5.74, 6) is 0. The van der Waals surface area contributed by atoms with Gasteiger partial charge in [0.25, 0.3) is 0 Å². The van der Waals surface area contributed by atoms with E-state index < -0.39 is 0 Å². The van der Waals surface area contributed by atoms with Crippen molar-refractivity contribution in [3.63, 3.8) is 0 Å². The molecule has 0 fully saturated rings. The number of hydrogen-bond acceptors (Lipinski definition) is 2. The zero-order chi connectivity index (χ0) is 13.8. The monoisotopic (exact) mass is 318 g/mol. The molecule has 2 aromatic carbocycles. The highest BCUT2D eigenvalue weighted by molar-refractivity contribution is 9.10. The topological polar surface area (TPSA) is 15.3 Å². The van der Waals surface area contributed by atoms with Gasteiger partial charge in [-0.2, -0.15) is 0 Å². The molecule has 0 saturated carbocycles. The Morgan fingerprint density at radius 2 is 1.79 bits per heavy atom. The van der Waals surface area contributed by atoms with E-state index in [-0.39, 0.29) is 0 Å². The number of halogens is 1. The van der Waals surface area contributed by atoms with Crippen LogP contribution in [0.25, 0.3) is 0 Å². The Balaban J connectivity index is 2.44. The SMILES string of the molecule is CNC(C)c1cc(Br)ccc1N(C)c1ccccc1. The van der Waals surface area contributed by atoms with Crippen molar-refractivity contribution in [1.29, 1.82) is 0 Å². The van der Waals surface area contributed by atoms with Crippen LogP contribution in [0.4, 0.5) is 11.4 Å². The van der Waals surface area contributed by atoms with E-state index in [1.165, 1.54) is 16.9 Å². The summed E-state index contributed by atoms with van der Waals surface area (Å²) in [5.41, 5.74) is 3.69. The molecule has 0 radical (unpaired) electrons. The van der Waals surface area contributed by atoms with Gasteiger partial charge in [-0.1, -0.05) is 34.1 Å². The summed E-state index contributed by atoms with van der Waals surface area (Å²) in [4.78, 5) is 2.22. The molecule has 1 atom stereocenters. The van der Waals surface area contributed by atoms with Gasteiger partial charge in [-0.25, -0.2) is 0 Å². The van der Waals surface area contributed by atoms with Gasteiger partial charge in [0.2, 0.25) is 0 Å². The highest BCUT2D eigenvalue weighted by atomic mass is 79.9. The second kappa shape index (κ2) is 6.22. The zero-order valence-electron chi connectivity index (χ0n) is 11.5. The average molecular weight is 319 g/mol. The molecular formula is C16H19BrN2. The first-order valence-electron chi connectivity index (χ1n) is 6.39. The molecule has 0 heterocycles. The van der Waals surface area contributed by atoms with E-state index in [1.54, 1.807) is 0 Å². The predicted octanol–water partition coefficient (Wildman–Crippen LogP) is 4.50. The van der Waals surface area contributed by atoms with Crippen LogP contribution in [-0.4, -0.2) is 14.1 Å². The van der Waals surface area contributed by atoms with E-state index in [2.05, 4.69) is 82.6 Å². The predicted molar refractivity (Wildman–Crippen MR) is 86.1 cm³/mol. The van der Waals surface area contributed by atoms with Crippen molar-refractivity contribution in [2.24, 2.45) is 0 Å². The van der Waals surface area contributed by atoms with Gasteiger partial charge in [-0.3, -0.25) is 0 Å². The van der Waals surface area contributed by atoms with Crippen LogP contribution in [0.15, 0.2) is 53.0 Å². The molecule has 0 aliphatic carbocycles. The Morgan fingerprint density at radius 3 is 2.42 bits per heavy atom. The molecule has 2 nitrogen and oxygen atoms in total. The number of benzene rings is 2. The first-order chi connectivity index (χ1) is 9.13. The fourth-order valence-electron chi connectivity index (χ4n) is 2.12. The van der Waals surface area contributed by atoms with Gasteiger partial charge in [0, 0.05) is 28.9 Å². The first-order valence-corrected chi connectivity index (χ1v) is 7.18. The molecule has 100 valence electrons. The second-order valence-electron chi connectivity index (χ2n) is 4.61. The van der Waals surface area contributed by atoms with Crippen LogP contribution >= 0.6 is 15.9 Å². The normalized spacial score (nSPS) is 12.2. The van der Waals surface area contributed by atoms with Crippen LogP contribution < -0.4 is 10.2 Å². The third-order valence-corrected chi connectivity index (χ3v) is 3.89. The Hall–Kier alpha value is -1.32. The van der Waals surface area contributed by atoms with Gasteiger partial charge in [0.15, 0.2) is 0 Å². The smallest absolute Gasteiger partial charge is 0.0457 e. The van der Waals surface area contributed by atoms with E-state index in [9.17, 15) is 0 Å². The summed E-state index contributed by atoms with van der Waals surface area (Å²) >= 11 is 3.55. The van der Waals surface area contributed by atoms with Gasteiger partial charge in [-0.05, 0) is 49.9 Å². The quantitative estimate of drug-likeness (QED) is 0.893. The summed E-state index contributed by atoms with van der Waals surface area (Å²) in [6, 6.07) is 17.1. The van der Waals surface area contributed by atoms with Crippen LogP contribution in [0.3, 0.4) is 0 Å². The number of para-hydroxylation sites is 1. The van der Waals surface area contributed by atoms with E-state index in [0.717, 1.165) is 4.47 Å². The van der Waals surface area contributed by atoms with Crippen LogP contribution in [0.1, 0.15) is 18.5 Å². The third kappa shape index (κ3) is 3.17. The maximum atomic E-state index is 3.55. The molecule has 1 unspecified atom stereocenters. The third-order valence-electron chi connectivity index (χ3n) is 3.39. The molecule has 3 heteroatoms. The molecule has 0 aliphatic heterocycles. The fraction of sp³-hybridized carbons (Fsp3) is 0.250. The summed E-state index contributed by atoms with van der Waals surface area (Å²) in [6.45, 7) is 2.17. The minimum absolute atomic E-state index is 0.304. The Kier molecular flexibility index (Phi) is 4.61. The standard InChI is InChI=1S/C16H19BrN2/c1-12(18-2)15-11-13(17)9-10-16(15)19(3)14-7-5-4-6-8-14/h4-12,18H,1-3H3. The highest BCUT2D eigenvalue weighted by Gasteiger charge is 2.13. The number of anilines is 2. The number of nitrogens with zero attached hydrogens (tertiary/aromatic N) is 1. The lowest BCUT2D eigenvalue weighted by Crippen LogP contribution is -2.18. The molecule has 19 heavy (non-hydrogen) atoms. The molecule has 0 amide bonds. The van der Waals surface area contributed by atoms with Gasteiger partial charge in [-0.15, -0.1) is 0 Å². The van der Waals surface area contributed by atoms with E-state index in [1.807, 2.05) is 13.1 Å². The van der Waals surface area contributed by atoms with Crippen molar-refractivity contribution < 1.29 is 0 Å². The Morgan fingerprint density at radius 1 is 1.11 bits per heavy atom. The van der Waals surface area contributed by atoms with Gasteiger partial charge in [0.1, 0.15) is 0 Å². The molecule has 0 saturated heterocycles. The van der Waals surface area contributed by atoms with Crippen molar-refractivity contribution in [1.82, 2.24) is 5.32 Å². The molecule has 0 aromatic heterocycles. The fourth-order valence-corrected chi connectivity index (χ4v) is 2.50. The summed E-state index contributed by atoms with van der Waals surface area (Å²) in [5, 5.41) is 3.31. The minimum atomic E-state index is 0.304. The lowest BCUT2D eigenvalue weighted by molar-refractivity contribution is 0.652. The van der Waals surface area contributed by atoms with Crippen molar-refractivity contribution in [2.45, 2.75) is 13.0 Å². The minimum Gasteiger partial charge on any atom is -0.344 e. The van der Waals surface area contributed by atoms with E-state index in [0.29, 0.717) is 6.04 Å². The Labute approximate surface area is 123 Å². The summed E-state index contributed by atoms with van der Waals surface area (Å²) in [6.07, 6.45) is 0. The first kappa shape index (κ1) is 14.1. The van der Waals surface area contributed by atoms with Gasteiger partial charge >= 0.3 is 0 Å². The van der Waals surface area contributed by atoms with E-state index in [4.69, 9.17) is 0 Å². The van der Waals surface area contributed by atoms with Crippen LogP contribution in [0.5, 0.6) is 0 Å². The zero-order valence-corrected chi connectivity index (χ0v) is 13.1. The van der Waals surface area contributed by atoms with Crippen LogP contribution in [0, 0.1) is 0 Å². The molecule has 0 spiro atoms. The Bertz CT molecular complexity index is 540. The highest BCUT2D eigenvalue weighted by Crippen LogP contribution is 2.32. The largest absolute Gasteiger partial charge is 0.344 e. The van der Waals surface area contributed by atoms with Crippen molar-refractivity contribution >= 4 is 27.3 Å². The van der Waals surface area contributed by atoms with Gasteiger partial charge < -0.3 is 10.2 Å². The number of hydrogen-bond donors (Lipinski definition) is 1. The molecular weight excluding hydrogens is 300 g/mol. The molecule has 2 aromatic rings. The maximum absolute atomic E-state index is 3.55. The van der Waals surface area contributed by atoms with Crippen molar-refractivity contribution in [2.75, 3.05) is 19.0 Å². The number of rotatable bonds is 4. The number of nitrogens with one attached hydrogen (secondary N) is 1. The lowest BCUT2D eigenvalue weighted by Gasteiger charge is -2.25. The molecule has 2 rings (SSSR count). The summed E-state index contributed by atoms with van der Waals surface area (Å²) < 4.78 is 1.11. The maximum Gasteiger partial charge on any atom is 0.0457 e. The van der Waals surface area contributed by atoms with Crippen molar-refractivity contribution in [3.05, 3.63) is 58.6 Å².